The van der Waals surface area contributed by atoms with Crippen molar-refractivity contribution in [1.82, 2.24) is 10.3 Å². The summed E-state index contributed by atoms with van der Waals surface area (Å²) in [6.45, 7) is 8.07. The van der Waals surface area contributed by atoms with Crippen LogP contribution in [0.4, 0.5) is 5.82 Å². The summed E-state index contributed by atoms with van der Waals surface area (Å²) in [4.78, 5) is 31.0. The summed E-state index contributed by atoms with van der Waals surface area (Å²) in [6.07, 6.45) is 2.91. The number of halogens is 1. The van der Waals surface area contributed by atoms with Gasteiger partial charge in [-0.1, -0.05) is 41.9 Å². The van der Waals surface area contributed by atoms with Crippen molar-refractivity contribution in [3.8, 4) is 0 Å². The molecule has 31 heavy (non-hydrogen) atoms. The Bertz CT molecular complexity index is 1130. The maximum atomic E-state index is 13.5. The number of ketones is 1. The van der Waals surface area contributed by atoms with Crippen LogP contribution in [0.25, 0.3) is 0 Å². The number of nitrogens with one attached hydrogen (secondary N) is 2. The van der Waals surface area contributed by atoms with Gasteiger partial charge >= 0.3 is 0 Å². The van der Waals surface area contributed by atoms with E-state index in [0.29, 0.717) is 23.4 Å². The molecule has 0 bridgehead atoms. The Morgan fingerprint density at radius 3 is 2.55 bits per heavy atom. The first-order chi connectivity index (χ1) is 14.6. The minimum Gasteiger partial charge on any atom is -0.362 e. The molecule has 1 amide bonds. The van der Waals surface area contributed by atoms with Crippen LogP contribution in [0.15, 0.2) is 69.6 Å². The first kappa shape index (κ1) is 21.5. The number of Topliss-reactive ketones (excluding diaryl/α,β-unsaturated/α-hetero) is 1. The first-order valence-corrected chi connectivity index (χ1v) is 11.2. The second-order valence-corrected chi connectivity index (χ2v) is 10.1. The zero-order valence-corrected chi connectivity index (χ0v) is 19.8. The molecule has 160 valence electrons. The number of aromatic nitrogens is 1. The van der Waals surface area contributed by atoms with Gasteiger partial charge in [0.05, 0.1) is 0 Å². The number of nitrogens with zero attached hydrogens (tertiary/aromatic N) is 1. The smallest absolute Gasteiger partial charge is 0.255 e. The fraction of sp³-hybridized carbons (Fsp3) is 0.320. The lowest BCUT2D eigenvalue weighted by Crippen LogP contribution is -2.39. The van der Waals surface area contributed by atoms with Crippen molar-refractivity contribution in [2.45, 2.75) is 46.5 Å². The molecule has 0 saturated heterocycles. The summed E-state index contributed by atoms with van der Waals surface area (Å²) < 4.78 is 0.950. The number of pyridine rings is 1. The first-order valence-electron chi connectivity index (χ1n) is 10.4. The van der Waals surface area contributed by atoms with Gasteiger partial charge in [0.15, 0.2) is 5.78 Å². The lowest BCUT2D eigenvalue weighted by molar-refractivity contribution is -0.118. The Hall–Kier alpha value is -2.73. The fourth-order valence-electron chi connectivity index (χ4n) is 4.51. The number of aryl methyl sites for hydroxylation is 1. The molecular formula is C25H26BrN3O2. The highest BCUT2D eigenvalue weighted by molar-refractivity contribution is 9.10. The average Bonchev–Trinajstić information content (AvgIpc) is 2.66. The molecule has 2 heterocycles. The van der Waals surface area contributed by atoms with Crippen molar-refractivity contribution >= 4 is 33.4 Å². The summed E-state index contributed by atoms with van der Waals surface area (Å²) >= 11 is 3.48. The van der Waals surface area contributed by atoms with Gasteiger partial charge in [0.25, 0.3) is 5.91 Å². The second kappa shape index (κ2) is 8.08. The average molecular weight is 480 g/mol. The largest absolute Gasteiger partial charge is 0.362 e. The van der Waals surface area contributed by atoms with Crippen molar-refractivity contribution < 1.29 is 9.59 Å². The van der Waals surface area contributed by atoms with Crippen LogP contribution in [0.1, 0.15) is 50.7 Å². The molecule has 0 radical (unpaired) electrons. The van der Waals surface area contributed by atoms with Crippen LogP contribution in [0.3, 0.4) is 0 Å². The van der Waals surface area contributed by atoms with Gasteiger partial charge in [0, 0.05) is 45.5 Å². The standard InChI is InChI=1S/C25H26BrN3O2/c1-14-9-10-27-20(11-14)29-24(31)21-15(2)28-18-12-25(3,4)13-19(30)23(18)22(21)16-5-7-17(26)8-6-16/h5-11,22,28H,12-13H2,1-4H3,(H,27,29,31)/t22-/m0/s1. The van der Waals surface area contributed by atoms with E-state index >= 15 is 0 Å². The zero-order chi connectivity index (χ0) is 22.3. The maximum Gasteiger partial charge on any atom is 0.255 e. The van der Waals surface area contributed by atoms with Gasteiger partial charge in [0.2, 0.25) is 0 Å². The van der Waals surface area contributed by atoms with E-state index in [1.165, 1.54) is 0 Å². The summed E-state index contributed by atoms with van der Waals surface area (Å²) in [6, 6.07) is 11.6. The van der Waals surface area contributed by atoms with Crippen LogP contribution in [0.2, 0.25) is 0 Å². The van der Waals surface area contributed by atoms with Gasteiger partial charge in [-0.05, 0) is 61.1 Å². The van der Waals surface area contributed by atoms with Crippen molar-refractivity contribution in [3.05, 3.63) is 80.7 Å². The predicted molar refractivity (Wildman–Crippen MR) is 125 cm³/mol. The Balaban J connectivity index is 1.80. The monoisotopic (exact) mass is 479 g/mol. The number of anilines is 1. The van der Waals surface area contributed by atoms with Gasteiger partial charge in [-0.25, -0.2) is 4.98 Å². The molecule has 1 aliphatic heterocycles. The van der Waals surface area contributed by atoms with E-state index in [0.717, 1.165) is 33.4 Å². The second-order valence-electron chi connectivity index (χ2n) is 9.15. The number of benzene rings is 1. The fourth-order valence-corrected chi connectivity index (χ4v) is 4.78. The number of carbonyl (C=O) groups is 2. The van der Waals surface area contributed by atoms with Gasteiger partial charge in [-0.3, -0.25) is 9.59 Å². The number of rotatable bonds is 3. The molecule has 2 aromatic rings. The normalized spacial score (nSPS) is 20.3. The minimum atomic E-state index is -0.419. The van der Waals surface area contributed by atoms with Crippen molar-refractivity contribution in [2.24, 2.45) is 5.41 Å². The highest BCUT2D eigenvalue weighted by Crippen LogP contribution is 2.46. The zero-order valence-electron chi connectivity index (χ0n) is 18.2. The summed E-state index contributed by atoms with van der Waals surface area (Å²) in [5, 5.41) is 6.32. The highest BCUT2D eigenvalue weighted by Gasteiger charge is 2.42. The van der Waals surface area contributed by atoms with Gasteiger partial charge in [-0.15, -0.1) is 0 Å². The third-order valence-electron chi connectivity index (χ3n) is 5.84. The number of amides is 1. The van der Waals surface area contributed by atoms with Crippen LogP contribution in [0, 0.1) is 12.3 Å². The van der Waals surface area contributed by atoms with E-state index in [1.807, 2.05) is 50.2 Å². The Labute approximate surface area is 191 Å². The molecule has 0 unspecified atom stereocenters. The Kier molecular flexibility index (Phi) is 5.60. The lowest BCUT2D eigenvalue weighted by Gasteiger charge is -2.39. The minimum absolute atomic E-state index is 0.0955. The number of carbonyl (C=O) groups excluding carboxylic acids is 2. The SMILES string of the molecule is CC1=C(C(=O)Nc2cc(C)ccn2)[C@H](c2ccc(Br)cc2)C2=C(CC(C)(C)CC2=O)N1. The lowest BCUT2D eigenvalue weighted by atomic mass is 9.68. The van der Waals surface area contributed by atoms with E-state index < -0.39 is 5.92 Å². The third kappa shape index (κ3) is 4.35. The highest BCUT2D eigenvalue weighted by atomic mass is 79.9. The summed E-state index contributed by atoms with van der Waals surface area (Å²) in [5.74, 6) is -0.0770. The van der Waals surface area contributed by atoms with E-state index in [9.17, 15) is 9.59 Å². The van der Waals surface area contributed by atoms with Crippen LogP contribution >= 0.6 is 15.9 Å². The Morgan fingerprint density at radius 1 is 1.16 bits per heavy atom. The van der Waals surface area contributed by atoms with Gasteiger partial charge in [-0.2, -0.15) is 0 Å². The van der Waals surface area contributed by atoms with Crippen molar-refractivity contribution in [1.29, 1.82) is 0 Å². The van der Waals surface area contributed by atoms with Crippen molar-refractivity contribution in [3.63, 3.8) is 0 Å². The van der Waals surface area contributed by atoms with Crippen molar-refractivity contribution in [2.75, 3.05) is 5.32 Å². The third-order valence-corrected chi connectivity index (χ3v) is 6.37. The molecule has 0 fully saturated rings. The van der Waals surface area contributed by atoms with E-state index in [4.69, 9.17) is 0 Å². The Morgan fingerprint density at radius 2 is 1.87 bits per heavy atom. The number of hydrogen-bond donors (Lipinski definition) is 2. The van der Waals surface area contributed by atoms with Crippen LogP contribution in [-0.4, -0.2) is 16.7 Å². The molecule has 4 rings (SSSR count). The van der Waals surface area contributed by atoms with Crippen LogP contribution in [-0.2, 0) is 9.59 Å². The molecule has 0 spiro atoms. The summed E-state index contributed by atoms with van der Waals surface area (Å²) in [7, 11) is 0. The molecule has 1 aromatic carbocycles. The molecule has 5 nitrogen and oxygen atoms in total. The molecule has 1 aliphatic carbocycles. The maximum absolute atomic E-state index is 13.5. The molecule has 1 aromatic heterocycles. The van der Waals surface area contributed by atoms with Gasteiger partial charge < -0.3 is 10.6 Å². The molecule has 2 N–H and O–H groups in total. The van der Waals surface area contributed by atoms with Crippen LogP contribution in [0.5, 0.6) is 0 Å². The summed E-state index contributed by atoms with van der Waals surface area (Å²) in [5.41, 5.74) is 4.77. The van der Waals surface area contributed by atoms with Crippen LogP contribution < -0.4 is 10.6 Å². The topological polar surface area (TPSA) is 71.1 Å². The van der Waals surface area contributed by atoms with E-state index in [2.05, 4.69) is 45.4 Å². The van der Waals surface area contributed by atoms with Gasteiger partial charge in [0.1, 0.15) is 5.82 Å². The molecule has 6 heteroatoms. The predicted octanol–water partition coefficient (Wildman–Crippen LogP) is 5.40. The molecule has 0 saturated carbocycles. The molecule has 2 aliphatic rings. The van der Waals surface area contributed by atoms with E-state index in [1.54, 1.807) is 6.20 Å². The number of dihydropyridines is 1. The quantitative estimate of drug-likeness (QED) is 0.618. The van der Waals surface area contributed by atoms with E-state index in [-0.39, 0.29) is 17.1 Å². The molecular weight excluding hydrogens is 454 g/mol. The number of hydrogen-bond acceptors (Lipinski definition) is 4. The number of allylic oxidation sites excluding steroid dienone is 3. The molecule has 1 atom stereocenters.